The van der Waals surface area contributed by atoms with Gasteiger partial charge in [0.05, 0.1) is 18.4 Å². The number of fused-ring (bicyclic) bond motifs is 1. The number of rotatable bonds is 4. The first-order valence-corrected chi connectivity index (χ1v) is 7.63. The number of hydrogen-bond donors (Lipinski definition) is 0. The first-order valence-electron chi connectivity index (χ1n) is 7.63. The highest BCUT2D eigenvalue weighted by Gasteiger charge is 2.26. The molecule has 0 radical (unpaired) electrons. The smallest absolute Gasteiger partial charge is 0.329 e. The van der Waals surface area contributed by atoms with Gasteiger partial charge in [-0.1, -0.05) is 54.6 Å². The summed E-state index contributed by atoms with van der Waals surface area (Å²) in [6, 6.07) is 19.2. The van der Waals surface area contributed by atoms with Crippen LogP contribution < -0.4 is 0 Å². The van der Waals surface area contributed by atoms with E-state index in [1.165, 1.54) is 0 Å². The van der Waals surface area contributed by atoms with E-state index in [1.54, 1.807) is 6.92 Å². The van der Waals surface area contributed by atoms with Crippen LogP contribution in [0, 0.1) is 11.3 Å². The van der Waals surface area contributed by atoms with E-state index in [2.05, 4.69) is 10.2 Å². The number of nitrogens with zero attached hydrogens (tertiary/aromatic N) is 3. The van der Waals surface area contributed by atoms with Crippen LogP contribution in [0.3, 0.4) is 0 Å². The topological polar surface area (TPSA) is 75.9 Å². The molecule has 0 N–H and O–H groups in total. The largest absolute Gasteiger partial charge is 0.465 e. The number of carbonyl (C=O) groups is 1. The zero-order valence-corrected chi connectivity index (χ0v) is 13.1. The van der Waals surface area contributed by atoms with Gasteiger partial charge in [0.1, 0.15) is 5.69 Å². The summed E-state index contributed by atoms with van der Waals surface area (Å²) in [7, 11) is 0. The molecule has 0 saturated carbocycles. The van der Waals surface area contributed by atoms with Gasteiger partial charge in [-0.2, -0.15) is 10.4 Å². The van der Waals surface area contributed by atoms with Crippen molar-refractivity contribution in [2.45, 2.75) is 12.8 Å². The molecular weight excluding hydrogens is 302 g/mol. The standard InChI is InChI=1S/C19H15N3O2/c1-2-24-19(23)16(12-20)18-15-11-7-6-10-14(15)17(21-22-18)13-8-4-3-5-9-13/h3-11,16H,2H2,1H3. The third-order valence-corrected chi connectivity index (χ3v) is 3.69. The number of benzene rings is 2. The lowest BCUT2D eigenvalue weighted by Gasteiger charge is -2.12. The molecule has 1 heterocycles. The molecule has 2 aromatic carbocycles. The van der Waals surface area contributed by atoms with Gasteiger partial charge in [0.2, 0.25) is 0 Å². The van der Waals surface area contributed by atoms with Crippen molar-refractivity contribution in [2.75, 3.05) is 6.61 Å². The van der Waals surface area contributed by atoms with Crippen molar-refractivity contribution < 1.29 is 9.53 Å². The van der Waals surface area contributed by atoms with Gasteiger partial charge in [0.25, 0.3) is 0 Å². The van der Waals surface area contributed by atoms with Crippen LogP contribution in [0.2, 0.25) is 0 Å². The third-order valence-electron chi connectivity index (χ3n) is 3.69. The van der Waals surface area contributed by atoms with Crippen LogP contribution in [0.1, 0.15) is 18.5 Å². The molecule has 1 atom stereocenters. The van der Waals surface area contributed by atoms with Crippen molar-refractivity contribution in [3.05, 3.63) is 60.3 Å². The fourth-order valence-corrected chi connectivity index (χ4v) is 2.60. The second kappa shape index (κ2) is 6.88. The summed E-state index contributed by atoms with van der Waals surface area (Å²) in [5, 5.41) is 19.4. The van der Waals surface area contributed by atoms with Crippen molar-refractivity contribution in [3.8, 4) is 17.3 Å². The Morgan fingerprint density at radius 3 is 2.42 bits per heavy atom. The summed E-state index contributed by atoms with van der Waals surface area (Å²) in [6.45, 7) is 1.92. The van der Waals surface area contributed by atoms with Gasteiger partial charge in [-0.3, -0.25) is 4.79 Å². The minimum Gasteiger partial charge on any atom is -0.465 e. The Morgan fingerprint density at radius 2 is 1.75 bits per heavy atom. The average molecular weight is 317 g/mol. The van der Waals surface area contributed by atoms with Gasteiger partial charge >= 0.3 is 5.97 Å². The summed E-state index contributed by atoms with van der Waals surface area (Å²) >= 11 is 0. The number of carbonyl (C=O) groups excluding carboxylic acids is 1. The molecule has 5 heteroatoms. The van der Waals surface area contributed by atoms with Gasteiger partial charge in [0, 0.05) is 16.3 Å². The van der Waals surface area contributed by atoms with Gasteiger partial charge in [0.15, 0.2) is 5.92 Å². The highest BCUT2D eigenvalue weighted by Crippen LogP contribution is 2.30. The van der Waals surface area contributed by atoms with E-state index in [0.717, 1.165) is 22.0 Å². The lowest BCUT2D eigenvalue weighted by Crippen LogP contribution is -2.16. The highest BCUT2D eigenvalue weighted by atomic mass is 16.5. The normalized spacial score (nSPS) is 11.7. The fourth-order valence-electron chi connectivity index (χ4n) is 2.60. The lowest BCUT2D eigenvalue weighted by molar-refractivity contribution is -0.143. The predicted molar refractivity (Wildman–Crippen MR) is 90.0 cm³/mol. The zero-order valence-electron chi connectivity index (χ0n) is 13.1. The quantitative estimate of drug-likeness (QED) is 0.689. The first kappa shape index (κ1) is 15.6. The zero-order chi connectivity index (χ0) is 16.9. The van der Waals surface area contributed by atoms with E-state index < -0.39 is 11.9 Å². The first-order chi connectivity index (χ1) is 11.8. The molecule has 0 spiro atoms. The van der Waals surface area contributed by atoms with E-state index in [0.29, 0.717) is 5.69 Å². The molecule has 24 heavy (non-hydrogen) atoms. The van der Waals surface area contributed by atoms with Crippen LogP contribution in [-0.2, 0) is 9.53 Å². The van der Waals surface area contributed by atoms with Crippen molar-refractivity contribution in [3.63, 3.8) is 0 Å². The Labute approximate surface area is 139 Å². The Hall–Kier alpha value is -3.26. The molecule has 0 fully saturated rings. The van der Waals surface area contributed by atoms with Crippen molar-refractivity contribution in [1.82, 2.24) is 10.2 Å². The minimum absolute atomic E-state index is 0.213. The van der Waals surface area contributed by atoms with Crippen LogP contribution in [0.15, 0.2) is 54.6 Å². The van der Waals surface area contributed by atoms with E-state index in [9.17, 15) is 10.1 Å². The molecule has 1 unspecified atom stereocenters. The number of esters is 1. The second-order valence-corrected chi connectivity index (χ2v) is 5.16. The van der Waals surface area contributed by atoms with Gasteiger partial charge in [-0.05, 0) is 6.92 Å². The van der Waals surface area contributed by atoms with E-state index in [-0.39, 0.29) is 6.61 Å². The lowest BCUT2D eigenvalue weighted by atomic mass is 9.98. The number of aromatic nitrogens is 2. The minimum atomic E-state index is -1.09. The summed E-state index contributed by atoms with van der Waals surface area (Å²) in [5.74, 6) is -1.70. The van der Waals surface area contributed by atoms with Crippen molar-refractivity contribution in [2.24, 2.45) is 0 Å². The molecule has 118 valence electrons. The molecule has 0 saturated heterocycles. The molecule has 0 amide bonds. The molecule has 0 aliphatic rings. The Bertz CT molecular complexity index is 917. The van der Waals surface area contributed by atoms with E-state index in [1.807, 2.05) is 60.7 Å². The SMILES string of the molecule is CCOC(=O)C(C#N)c1nnc(-c2ccccc2)c2ccccc12. The summed E-state index contributed by atoms with van der Waals surface area (Å²) in [4.78, 5) is 12.1. The van der Waals surface area contributed by atoms with Crippen molar-refractivity contribution in [1.29, 1.82) is 5.26 Å². The molecule has 0 aliphatic heterocycles. The summed E-state index contributed by atoms with van der Waals surface area (Å²) in [6.07, 6.45) is 0. The van der Waals surface area contributed by atoms with Gasteiger partial charge < -0.3 is 4.74 Å². The van der Waals surface area contributed by atoms with Crippen LogP contribution in [0.25, 0.3) is 22.0 Å². The van der Waals surface area contributed by atoms with Crippen LogP contribution >= 0.6 is 0 Å². The van der Waals surface area contributed by atoms with E-state index in [4.69, 9.17) is 4.74 Å². The summed E-state index contributed by atoms with van der Waals surface area (Å²) in [5.41, 5.74) is 1.97. The maximum absolute atomic E-state index is 12.1. The van der Waals surface area contributed by atoms with Crippen LogP contribution in [0.5, 0.6) is 0 Å². The van der Waals surface area contributed by atoms with Crippen LogP contribution in [-0.4, -0.2) is 22.8 Å². The molecule has 5 nitrogen and oxygen atoms in total. The Balaban J connectivity index is 2.19. The molecular formula is C19H15N3O2. The number of hydrogen-bond acceptors (Lipinski definition) is 5. The molecule has 1 aromatic heterocycles. The van der Waals surface area contributed by atoms with Crippen LogP contribution in [0.4, 0.5) is 0 Å². The third kappa shape index (κ3) is 2.82. The number of nitriles is 1. The fraction of sp³-hybridized carbons (Fsp3) is 0.158. The average Bonchev–Trinajstić information content (AvgIpc) is 2.63. The molecule has 3 rings (SSSR count). The second-order valence-electron chi connectivity index (χ2n) is 5.16. The molecule has 0 bridgehead atoms. The molecule has 0 aliphatic carbocycles. The monoisotopic (exact) mass is 317 g/mol. The van der Waals surface area contributed by atoms with Crippen molar-refractivity contribution >= 4 is 16.7 Å². The Morgan fingerprint density at radius 1 is 1.08 bits per heavy atom. The maximum Gasteiger partial charge on any atom is 0.329 e. The Kier molecular flexibility index (Phi) is 4.48. The predicted octanol–water partition coefficient (Wildman–Crippen LogP) is 3.47. The highest BCUT2D eigenvalue weighted by molar-refractivity contribution is 5.98. The number of ether oxygens (including phenoxy) is 1. The summed E-state index contributed by atoms with van der Waals surface area (Å²) < 4.78 is 4.98. The van der Waals surface area contributed by atoms with Gasteiger partial charge in [-0.25, -0.2) is 0 Å². The van der Waals surface area contributed by atoms with Gasteiger partial charge in [-0.15, -0.1) is 5.10 Å². The maximum atomic E-state index is 12.1. The van der Waals surface area contributed by atoms with E-state index >= 15 is 0 Å². The molecule has 3 aromatic rings.